The second-order valence-corrected chi connectivity index (χ2v) is 9.01. The molecule has 1 aliphatic heterocycles. The van der Waals surface area contributed by atoms with E-state index in [-0.39, 0.29) is 24.1 Å². The second-order valence-electron chi connectivity index (χ2n) is 7.84. The van der Waals surface area contributed by atoms with E-state index in [2.05, 4.69) is 19.2 Å². The van der Waals surface area contributed by atoms with Crippen LogP contribution in [0.4, 0.5) is 15.8 Å². The maximum Gasteiger partial charge on any atom is 0.242 e. The summed E-state index contributed by atoms with van der Waals surface area (Å²) in [5, 5.41) is 2.74. The first-order valence-corrected chi connectivity index (χ1v) is 11.5. The van der Waals surface area contributed by atoms with E-state index in [1.165, 1.54) is 41.6 Å². The van der Waals surface area contributed by atoms with Gasteiger partial charge in [0.15, 0.2) is 5.17 Å². The van der Waals surface area contributed by atoms with Crippen molar-refractivity contribution in [2.75, 3.05) is 25.6 Å². The summed E-state index contributed by atoms with van der Waals surface area (Å²) in [5.74, 6) is -0.396. The number of methoxy groups -OCH3 is 1. The van der Waals surface area contributed by atoms with E-state index >= 15 is 0 Å². The highest BCUT2D eigenvalue weighted by atomic mass is 32.2. The number of anilines is 1. The number of thioether (sulfide) groups is 1. The Bertz CT molecular complexity index is 961. The zero-order valence-corrected chi connectivity index (χ0v) is 19.3. The molecule has 1 N–H and O–H groups in total. The SMILES string of the molecule is COCCCN1C(=O)C(CC(=O)Nc2ccc(F)cc2)SC1=Nc1ccc(C(C)C)cc1. The highest BCUT2D eigenvalue weighted by Gasteiger charge is 2.38. The third-order valence-corrected chi connectivity index (χ3v) is 6.21. The molecule has 1 saturated heterocycles. The molecule has 0 radical (unpaired) electrons. The lowest BCUT2D eigenvalue weighted by Crippen LogP contribution is -2.34. The summed E-state index contributed by atoms with van der Waals surface area (Å²) < 4.78 is 18.2. The number of hydrogen-bond donors (Lipinski definition) is 1. The maximum atomic E-state index is 13.1. The summed E-state index contributed by atoms with van der Waals surface area (Å²) in [4.78, 5) is 31.8. The normalized spacial score (nSPS) is 17.4. The number of aliphatic imine (C=N–C) groups is 1. The minimum atomic E-state index is -0.563. The van der Waals surface area contributed by atoms with Crippen LogP contribution in [0.15, 0.2) is 53.5 Å². The quantitative estimate of drug-likeness (QED) is 0.541. The topological polar surface area (TPSA) is 71.0 Å². The van der Waals surface area contributed by atoms with Crippen LogP contribution in [-0.2, 0) is 14.3 Å². The molecule has 0 aromatic heterocycles. The van der Waals surface area contributed by atoms with Gasteiger partial charge in [0, 0.05) is 32.4 Å². The van der Waals surface area contributed by atoms with E-state index in [1.54, 1.807) is 12.0 Å². The molecule has 1 fully saturated rings. The van der Waals surface area contributed by atoms with Gasteiger partial charge >= 0.3 is 0 Å². The molecular weight excluding hydrogens is 429 g/mol. The van der Waals surface area contributed by atoms with E-state index in [1.807, 2.05) is 24.3 Å². The van der Waals surface area contributed by atoms with Gasteiger partial charge in [-0.15, -0.1) is 0 Å². The van der Waals surface area contributed by atoms with Gasteiger partial charge in [0.05, 0.1) is 5.69 Å². The highest BCUT2D eigenvalue weighted by molar-refractivity contribution is 8.15. The Hall–Kier alpha value is -2.71. The zero-order valence-electron chi connectivity index (χ0n) is 18.5. The minimum absolute atomic E-state index is 0.00691. The third kappa shape index (κ3) is 6.40. The number of hydrogen-bond acceptors (Lipinski definition) is 5. The van der Waals surface area contributed by atoms with Gasteiger partial charge in [-0.25, -0.2) is 9.38 Å². The van der Waals surface area contributed by atoms with E-state index in [0.717, 1.165) is 5.69 Å². The first-order valence-electron chi connectivity index (χ1n) is 10.6. The van der Waals surface area contributed by atoms with Crippen molar-refractivity contribution in [1.82, 2.24) is 4.90 Å². The number of nitrogens with one attached hydrogen (secondary N) is 1. The van der Waals surface area contributed by atoms with Gasteiger partial charge in [0.25, 0.3) is 0 Å². The average Bonchev–Trinajstić information content (AvgIpc) is 3.04. The van der Waals surface area contributed by atoms with Gasteiger partial charge in [-0.2, -0.15) is 0 Å². The predicted octanol–water partition coefficient (Wildman–Crippen LogP) is 4.95. The summed E-state index contributed by atoms with van der Waals surface area (Å²) in [7, 11) is 1.62. The summed E-state index contributed by atoms with van der Waals surface area (Å²) in [6, 6.07) is 13.5. The van der Waals surface area contributed by atoms with Crippen molar-refractivity contribution in [1.29, 1.82) is 0 Å². The summed E-state index contributed by atoms with van der Waals surface area (Å²) in [5.41, 5.74) is 2.47. The molecule has 3 rings (SSSR count). The average molecular weight is 458 g/mol. The van der Waals surface area contributed by atoms with Crippen LogP contribution in [0.3, 0.4) is 0 Å². The first-order chi connectivity index (χ1) is 15.4. The largest absolute Gasteiger partial charge is 0.385 e. The maximum absolute atomic E-state index is 13.1. The van der Waals surface area contributed by atoms with Crippen molar-refractivity contribution in [3.63, 3.8) is 0 Å². The third-order valence-electron chi connectivity index (χ3n) is 5.03. The summed E-state index contributed by atoms with van der Waals surface area (Å²) in [6.07, 6.45) is 0.676. The Kier molecular flexibility index (Phi) is 8.41. The van der Waals surface area contributed by atoms with E-state index in [0.29, 0.717) is 36.3 Å². The Morgan fingerprint density at radius 3 is 2.50 bits per heavy atom. The van der Waals surface area contributed by atoms with Crippen LogP contribution in [0.1, 0.15) is 38.2 Å². The summed E-state index contributed by atoms with van der Waals surface area (Å²) in [6.45, 7) is 5.26. The smallest absolute Gasteiger partial charge is 0.242 e. The number of halogens is 1. The van der Waals surface area contributed by atoms with Crippen LogP contribution >= 0.6 is 11.8 Å². The molecule has 0 spiro atoms. The van der Waals surface area contributed by atoms with Crippen LogP contribution in [0.25, 0.3) is 0 Å². The minimum Gasteiger partial charge on any atom is -0.385 e. The van der Waals surface area contributed by atoms with Gasteiger partial charge in [0.1, 0.15) is 11.1 Å². The van der Waals surface area contributed by atoms with Crippen LogP contribution in [0.2, 0.25) is 0 Å². The van der Waals surface area contributed by atoms with E-state index in [9.17, 15) is 14.0 Å². The monoisotopic (exact) mass is 457 g/mol. The van der Waals surface area contributed by atoms with Crippen molar-refractivity contribution >= 4 is 40.1 Å². The van der Waals surface area contributed by atoms with Gasteiger partial charge in [-0.1, -0.05) is 37.7 Å². The fourth-order valence-electron chi connectivity index (χ4n) is 3.26. The standard InChI is InChI=1S/C24H28FN3O3S/c1-16(2)17-5-9-20(10-6-17)27-24-28(13-4-14-31-3)23(30)21(32-24)15-22(29)26-19-11-7-18(25)8-12-19/h5-12,16,21H,4,13-15H2,1-3H3,(H,26,29). The number of carbonyl (C=O) groups is 2. The Morgan fingerprint density at radius 2 is 1.88 bits per heavy atom. The van der Waals surface area contributed by atoms with Gasteiger partial charge in [-0.3, -0.25) is 14.5 Å². The molecule has 1 atom stereocenters. The van der Waals surface area contributed by atoms with Gasteiger partial charge in [0.2, 0.25) is 11.8 Å². The number of ether oxygens (including phenoxy) is 1. The zero-order chi connectivity index (χ0) is 23.1. The van der Waals surface area contributed by atoms with Crippen molar-refractivity contribution in [3.05, 3.63) is 59.9 Å². The van der Waals surface area contributed by atoms with Crippen LogP contribution in [-0.4, -0.2) is 47.4 Å². The molecule has 2 aromatic carbocycles. The molecule has 2 aromatic rings. The molecule has 0 saturated carbocycles. The molecule has 0 aliphatic carbocycles. The van der Waals surface area contributed by atoms with Crippen LogP contribution in [0.5, 0.6) is 0 Å². The van der Waals surface area contributed by atoms with Crippen molar-refractivity contribution in [3.8, 4) is 0 Å². The molecule has 1 aliphatic rings. The lowest BCUT2D eigenvalue weighted by Gasteiger charge is -2.16. The Balaban J connectivity index is 1.72. The molecule has 0 bridgehead atoms. The van der Waals surface area contributed by atoms with E-state index in [4.69, 9.17) is 9.73 Å². The van der Waals surface area contributed by atoms with Gasteiger partial charge in [-0.05, 0) is 54.3 Å². The van der Waals surface area contributed by atoms with Crippen molar-refractivity contribution < 1.29 is 18.7 Å². The lowest BCUT2D eigenvalue weighted by atomic mass is 10.0. The molecule has 6 nitrogen and oxygen atoms in total. The number of benzene rings is 2. The number of nitrogens with zero attached hydrogens (tertiary/aromatic N) is 2. The Labute approximate surface area is 192 Å². The fraction of sp³-hybridized carbons (Fsp3) is 0.375. The van der Waals surface area contributed by atoms with Crippen LogP contribution < -0.4 is 5.32 Å². The number of rotatable bonds is 9. The fourth-order valence-corrected chi connectivity index (χ4v) is 4.44. The molecule has 1 heterocycles. The molecule has 8 heteroatoms. The summed E-state index contributed by atoms with van der Waals surface area (Å²) >= 11 is 1.30. The number of carbonyl (C=O) groups excluding carboxylic acids is 2. The molecule has 170 valence electrons. The van der Waals surface area contributed by atoms with Gasteiger partial charge < -0.3 is 10.1 Å². The van der Waals surface area contributed by atoms with Crippen LogP contribution in [0, 0.1) is 5.82 Å². The molecule has 1 unspecified atom stereocenters. The first kappa shape index (κ1) is 23.9. The Morgan fingerprint density at radius 1 is 1.19 bits per heavy atom. The highest BCUT2D eigenvalue weighted by Crippen LogP contribution is 2.32. The number of amidine groups is 1. The molecule has 32 heavy (non-hydrogen) atoms. The lowest BCUT2D eigenvalue weighted by molar-refractivity contribution is -0.128. The second kappa shape index (κ2) is 11.2. The number of amides is 2. The van der Waals surface area contributed by atoms with Crippen molar-refractivity contribution in [2.24, 2.45) is 4.99 Å². The van der Waals surface area contributed by atoms with Crippen molar-refractivity contribution in [2.45, 2.75) is 37.9 Å². The molecule has 2 amide bonds. The predicted molar refractivity (Wildman–Crippen MR) is 127 cm³/mol. The molecular formula is C24H28FN3O3S. The van der Waals surface area contributed by atoms with E-state index < -0.39 is 5.25 Å².